The smallest absolute Gasteiger partial charge is 0.288 e. The number of hydrogen-bond acceptors (Lipinski definition) is 4. The molecule has 1 fully saturated rings. The Bertz CT molecular complexity index is 844. The van der Waals surface area contributed by atoms with E-state index in [1.165, 1.54) is 11.4 Å². The molecule has 25 heavy (non-hydrogen) atoms. The summed E-state index contributed by atoms with van der Waals surface area (Å²) in [5.74, 6) is -3.01. The number of halogens is 4. The van der Waals surface area contributed by atoms with Gasteiger partial charge in [-0.05, 0) is 12.8 Å². The quantitative estimate of drug-likeness (QED) is 0.488. The van der Waals surface area contributed by atoms with Crippen LogP contribution in [0, 0.1) is 5.95 Å². The third-order valence-corrected chi connectivity index (χ3v) is 3.97. The lowest BCUT2D eigenvalue weighted by molar-refractivity contribution is 0.0284. The third-order valence-electron chi connectivity index (χ3n) is 3.97. The zero-order chi connectivity index (χ0) is 18.1. The van der Waals surface area contributed by atoms with Crippen molar-refractivity contribution in [2.45, 2.75) is 31.5 Å². The van der Waals surface area contributed by atoms with Gasteiger partial charge in [-0.15, -0.1) is 0 Å². The van der Waals surface area contributed by atoms with Gasteiger partial charge < -0.3 is 10.1 Å². The highest BCUT2D eigenvalue weighted by Gasteiger charge is 2.28. The van der Waals surface area contributed by atoms with Crippen molar-refractivity contribution in [3.8, 4) is 0 Å². The minimum atomic E-state index is -3.50. The number of carbonyl (C=O) groups excluding carboxylic acids is 1. The molecule has 2 aromatic heterocycles. The first-order valence-corrected chi connectivity index (χ1v) is 7.50. The predicted molar refractivity (Wildman–Crippen MR) is 76.9 cm³/mol. The minimum absolute atomic E-state index is 0.0456. The lowest BCUT2D eigenvalue weighted by atomic mass is 9.97. The number of nitrogens with one attached hydrogen (secondary N) is 2. The number of amides is 1. The maximum absolute atomic E-state index is 14.0. The van der Waals surface area contributed by atoms with E-state index in [1.54, 1.807) is 0 Å². The molecule has 2 aromatic rings. The Morgan fingerprint density at radius 2 is 2.04 bits per heavy atom. The Hall–Kier alpha value is -2.43. The number of aromatic amines is 1. The van der Waals surface area contributed by atoms with Gasteiger partial charge in [0, 0.05) is 30.9 Å². The molecule has 1 aliphatic rings. The Morgan fingerprint density at radius 3 is 2.68 bits per heavy atom. The number of aromatic nitrogens is 3. The third kappa shape index (κ3) is 3.36. The molecular weight excluding hydrogens is 348 g/mol. The molecule has 1 saturated heterocycles. The molecule has 0 radical (unpaired) electrons. The number of fused-ring (bicyclic) bond motifs is 1. The number of carbonyl (C=O) groups is 1. The summed E-state index contributed by atoms with van der Waals surface area (Å²) < 4.78 is 57.3. The first-order chi connectivity index (χ1) is 11.9. The van der Waals surface area contributed by atoms with Crippen LogP contribution in [0.5, 0.6) is 0 Å². The monoisotopic (exact) mass is 362 g/mol. The highest BCUT2D eigenvalue weighted by atomic mass is 19.3. The molecule has 0 aromatic carbocycles. The fourth-order valence-electron chi connectivity index (χ4n) is 2.68. The second-order valence-corrected chi connectivity index (χ2v) is 5.58. The lowest BCUT2D eigenvalue weighted by Crippen LogP contribution is -2.40. The predicted octanol–water partition coefficient (Wildman–Crippen LogP) is 1.35. The highest BCUT2D eigenvalue weighted by Crippen LogP contribution is 2.26. The first kappa shape index (κ1) is 17.4. The molecule has 1 aliphatic heterocycles. The molecule has 0 aliphatic carbocycles. The number of H-pyrrole nitrogens is 1. The van der Waals surface area contributed by atoms with E-state index in [1.807, 2.05) is 0 Å². The molecule has 0 saturated carbocycles. The van der Waals surface area contributed by atoms with Gasteiger partial charge in [0.1, 0.15) is 0 Å². The summed E-state index contributed by atoms with van der Waals surface area (Å²) in [5, 5.41) is 3.96. The zero-order valence-corrected chi connectivity index (χ0v) is 12.8. The molecule has 2 N–H and O–H groups in total. The molecule has 0 spiro atoms. The maximum Gasteiger partial charge on any atom is 0.288 e. The van der Waals surface area contributed by atoms with Gasteiger partial charge in [0.2, 0.25) is 12.2 Å². The zero-order valence-electron chi connectivity index (χ0n) is 12.8. The summed E-state index contributed by atoms with van der Waals surface area (Å²) in [6.45, 7) is 1.08. The number of ether oxygens (including phenoxy) is 1. The van der Waals surface area contributed by atoms with E-state index in [-0.39, 0.29) is 11.6 Å². The van der Waals surface area contributed by atoms with Crippen molar-refractivity contribution in [3.05, 3.63) is 33.6 Å². The van der Waals surface area contributed by atoms with Gasteiger partial charge in [0.05, 0.1) is 0 Å². The van der Waals surface area contributed by atoms with Crippen molar-refractivity contribution in [2.24, 2.45) is 0 Å². The van der Waals surface area contributed by atoms with Gasteiger partial charge in [-0.25, -0.2) is 17.7 Å². The molecule has 136 valence electrons. The normalized spacial score (nSPS) is 17.2. The van der Waals surface area contributed by atoms with Crippen molar-refractivity contribution >= 4 is 11.6 Å². The van der Waals surface area contributed by atoms with Crippen LogP contribution in [-0.2, 0) is 4.74 Å². The Labute approximate surface area is 138 Å². The molecule has 1 unspecified atom stereocenters. The van der Waals surface area contributed by atoms with Crippen LogP contribution in [0.1, 0.15) is 34.8 Å². The van der Waals surface area contributed by atoms with Gasteiger partial charge in [0.25, 0.3) is 17.9 Å². The Balaban J connectivity index is 1.97. The topological polar surface area (TPSA) is 88.5 Å². The van der Waals surface area contributed by atoms with Crippen LogP contribution in [0.2, 0.25) is 0 Å². The van der Waals surface area contributed by atoms with Crippen LogP contribution < -0.4 is 10.9 Å². The molecule has 0 bridgehead atoms. The molecule has 3 heterocycles. The van der Waals surface area contributed by atoms with E-state index in [2.05, 4.69) is 10.1 Å². The summed E-state index contributed by atoms with van der Waals surface area (Å²) >= 11 is 0. The van der Waals surface area contributed by atoms with Crippen LogP contribution in [0.3, 0.4) is 0 Å². The Kier molecular flexibility index (Phi) is 4.75. The Morgan fingerprint density at radius 1 is 1.36 bits per heavy atom. The van der Waals surface area contributed by atoms with Crippen LogP contribution in [0.15, 0.2) is 10.9 Å². The second-order valence-electron chi connectivity index (χ2n) is 5.58. The van der Waals surface area contributed by atoms with E-state index in [0.29, 0.717) is 31.7 Å². The van der Waals surface area contributed by atoms with Crippen LogP contribution in [0.25, 0.3) is 5.65 Å². The van der Waals surface area contributed by atoms with Gasteiger partial charge in [-0.3, -0.25) is 14.7 Å². The van der Waals surface area contributed by atoms with Crippen molar-refractivity contribution in [1.82, 2.24) is 19.9 Å². The van der Waals surface area contributed by atoms with Crippen molar-refractivity contribution in [2.75, 3.05) is 13.2 Å². The minimum Gasteiger partial charge on any atom is -0.381 e. The highest BCUT2D eigenvalue weighted by molar-refractivity contribution is 5.94. The molecule has 3 rings (SSSR count). The summed E-state index contributed by atoms with van der Waals surface area (Å²) in [6, 6.07) is 1.47. The van der Waals surface area contributed by atoms with Crippen LogP contribution in [0.4, 0.5) is 17.6 Å². The van der Waals surface area contributed by atoms with Gasteiger partial charge in [0.15, 0.2) is 11.2 Å². The molecule has 11 heteroatoms. The fraction of sp³-hybridized carbons (Fsp3) is 0.500. The molecular formula is C14H14F4N4O3. The van der Waals surface area contributed by atoms with E-state index in [4.69, 9.17) is 4.74 Å². The average molecular weight is 362 g/mol. The molecule has 7 nitrogen and oxygen atoms in total. The van der Waals surface area contributed by atoms with Crippen molar-refractivity contribution < 1.29 is 27.1 Å². The fourth-order valence-corrected chi connectivity index (χ4v) is 2.68. The van der Waals surface area contributed by atoms with E-state index in [9.17, 15) is 27.2 Å². The number of nitrogens with zero attached hydrogens (tertiary/aromatic N) is 2. The first-order valence-electron chi connectivity index (χ1n) is 7.50. The van der Waals surface area contributed by atoms with Crippen LogP contribution in [-0.4, -0.2) is 46.4 Å². The lowest BCUT2D eigenvalue weighted by Gasteiger charge is -2.20. The maximum atomic E-state index is 14.0. The van der Waals surface area contributed by atoms with Crippen molar-refractivity contribution in [1.29, 1.82) is 0 Å². The number of hydrogen-bond donors (Lipinski definition) is 2. The summed E-state index contributed by atoms with van der Waals surface area (Å²) in [5.41, 5.74) is -1.73. The van der Waals surface area contributed by atoms with Crippen molar-refractivity contribution in [3.63, 3.8) is 0 Å². The summed E-state index contributed by atoms with van der Waals surface area (Å²) in [4.78, 5) is 27.5. The summed E-state index contributed by atoms with van der Waals surface area (Å²) in [7, 11) is 0. The molecule has 1 atom stereocenters. The standard InChI is InChI=1S/C14H14F4N4O3/c15-10(16)12(18)20-13(23)9-11(17)19-8-5-7(21-22(8)14(9)24)6-1-3-25-4-2-6/h5-6,10,12,21H,1-4H2,(H,20,23). The van der Waals surface area contributed by atoms with E-state index < -0.39 is 35.7 Å². The van der Waals surface area contributed by atoms with Crippen LogP contribution >= 0.6 is 0 Å². The van der Waals surface area contributed by atoms with E-state index in [0.717, 1.165) is 4.52 Å². The second kappa shape index (κ2) is 6.82. The SMILES string of the molecule is O=C(NC(F)C(F)F)c1c(F)nc2cc(C3CCOCC3)[nH]n2c1=O. The number of rotatable bonds is 4. The van der Waals surface area contributed by atoms with Gasteiger partial charge in [-0.2, -0.15) is 9.37 Å². The number of alkyl halides is 3. The average Bonchev–Trinajstić information content (AvgIpc) is 2.99. The largest absolute Gasteiger partial charge is 0.381 e. The van der Waals surface area contributed by atoms with E-state index >= 15 is 0 Å². The van der Waals surface area contributed by atoms with Gasteiger partial charge >= 0.3 is 0 Å². The molecule has 1 amide bonds. The van der Waals surface area contributed by atoms with Gasteiger partial charge in [-0.1, -0.05) is 0 Å². The summed E-state index contributed by atoms with van der Waals surface area (Å²) in [6.07, 6.45) is -5.14.